The van der Waals surface area contributed by atoms with Crippen molar-refractivity contribution in [2.75, 3.05) is 19.8 Å². The third-order valence-corrected chi connectivity index (χ3v) is 9.98. The maximum absolute atomic E-state index is 6.24. The third-order valence-electron chi connectivity index (χ3n) is 3.08. The van der Waals surface area contributed by atoms with Crippen LogP contribution in [0.25, 0.3) is 0 Å². The molecule has 0 amide bonds. The largest absolute Gasteiger partial charge is 0.501 e. The monoisotopic (exact) mass is 396 g/mol. The van der Waals surface area contributed by atoms with Gasteiger partial charge in [-0.2, -0.15) is 0 Å². The average Bonchev–Trinajstić information content (AvgIpc) is 2.44. The molecule has 0 aliphatic carbocycles. The van der Waals surface area contributed by atoms with Gasteiger partial charge in [-0.3, -0.25) is 0 Å². The van der Waals surface area contributed by atoms with Gasteiger partial charge in [-0.05, 0) is 62.3 Å². The van der Waals surface area contributed by atoms with Gasteiger partial charge in [0, 0.05) is 50.2 Å². The molecule has 0 fully saturated rings. The molecule has 0 saturated carbocycles. The molecule has 0 heterocycles. The lowest BCUT2D eigenvalue weighted by molar-refractivity contribution is 0.00187. The standard InChI is InChI=1S/C17H40O6Si2/c1-10-18-24(19-11-2,20-12-3)13-14-25(21-15(4)5,22-16(6)7)23-17(8)9/h15-17H,10-14H2,1-9H3. The van der Waals surface area contributed by atoms with Gasteiger partial charge in [0.15, 0.2) is 0 Å². The Bertz CT molecular complexity index is 296. The Morgan fingerprint density at radius 2 is 0.800 bits per heavy atom. The van der Waals surface area contributed by atoms with Crippen LogP contribution < -0.4 is 0 Å². The highest BCUT2D eigenvalue weighted by atomic mass is 28.4. The topological polar surface area (TPSA) is 55.4 Å². The summed E-state index contributed by atoms with van der Waals surface area (Å²) in [6.45, 7) is 19.6. The van der Waals surface area contributed by atoms with Crippen molar-refractivity contribution in [3.05, 3.63) is 0 Å². The molecule has 6 nitrogen and oxygen atoms in total. The lowest BCUT2D eigenvalue weighted by Crippen LogP contribution is -2.54. The lowest BCUT2D eigenvalue weighted by Gasteiger charge is -2.36. The Morgan fingerprint density at radius 3 is 1.04 bits per heavy atom. The Labute approximate surface area is 157 Å². The van der Waals surface area contributed by atoms with Gasteiger partial charge in [-0.15, -0.1) is 0 Å². The zero-order chi connectivity index (χ0) is 19.5. The Morgan fingerprint density at radius 1 is 0.520 bits per heavy atom. The van der Waals surface area contributed by atoms with Gasteiger partial charge in [0.25, 0.3) is 0 Å². The fraction of sp³-hybridized carbons (Fsp3) is 1.00. The Kier molecular flexibility index (Phi) is 12.7. The molecule has 152 valence electrons. The summed E-state index contributed by atoms with van der Waals surface area (Å²) < 4.78 is 36.6. The van der Waals surface area contributed by atoms with E-state index in [2.05, 4.69) is 0 Å². The minimum absolute atomic E-state index is 0.0199. The van der Waals surface area contributed by atoms with Crippen LogP contribution in [0.15, 0.2) is 0 Å². The van der Waals surface area contributed by atoms with E-state index in [1.165, 1.54) is 0 Å². The molecular weight excluding hydrogens is 356 g/mol. The van der Waals surface area contributed by atoms with E-state index < -0.39 is 17.6 Å². The molecule has 0 aliphatic heterocycles. The zero-order valence-corrected chi connectivity index (χ0v) is 19.7. The molecule has 0 rings (SSSR count). The van der Waals surface area contributed by atoms with Crippen molar-refractivity contribution in [3.8, 4) is 0 Å². The maximum Gasteiger partial charge on any atom is 0.501 e. The predicted octanol–water partition coefficient (Wildman–Crippen LogP) is 4.25. The van der Waals surface area contributed by atoms with Crippen molar-refractivity contribution < 1.29 is 26.6 Å². The molecular formula is C17H40O6Si2. The van der Waals surface area contributed by atoms with Crippen LogP contribution in [0.4, 0.5) is 0 Å². The van der Waals surface area contributed by atoms with Crippen molar-refractivity contribution in [3.63, 3.8) is 0 Å². The van der Waals surface area contributed by atoms with E-state index in [1.807, 2.05) is 62.3 Å². The smallest absolute Gasteiger partial charge is 0.374 e. The van der Waals surface area contributed by atoms with E-state index >= 15 is 0 Å². The SMILES string of the molecule is CCO[Si](CC[Si](OC(C)C)(OC(C)C)OC(C)C)(OCC)OCC. The quantitative estimate of drug-likeness (QED) is 0.386. The van der Waals surface area contributed by atoms with Crippen LogP contribution in [0.3, 0.4) is 0 Å². The first-order chi connectivity index (χ1) is 11.6. The molecule has 0 aromatic carbocycles. The molecule has 0 atom stereocenters. The van der Waals surface area contributed by atoms with E-state index in [0.717, 1.165) is 0 Å². The number of hydrogen-bond donors (Lipinski definition) is 0. The fourth-order valence-electron chi connectivity index (χ4n) is 2.64. The summed E-state index contributed by atoms with van der Waals surface area (Å²) in [5, 5.41) is 0. The van der Waals surface area contributed by atoms with E-state index in [-0.39, 0.29) is 18.3 Å². The highest BCUT2D eigenvalue weighted by Crippen LogP contribution is 2.29. The van der Waals surface area contributed by atoms with Crippen LogP contribution in [0.5, 0.6) is 0 Å². The second kappa shape index (κ2) is 12.6. The first-order valence-corrected chi connectivity index (χ1v) is 13.5. The minimum Gasteiger partial charge on any atom is -0.374 e. The second-order valence-electron chi connectivity index (χ2n) is 6.66. The molecule has 0 saturated heterocycles. The molecule has 0 unspecified atom stereocenters. The normalized spacial score (nSPS) is 13.4. The fourth-order valence-corrected chi connectivity index (χ4v) is 9.77. The average molecular weight is 397 g/mol. The number of rotatable bonds is 15. The minimum atomic E-state index is -2.89. The van der Waals surface area contributed by atoms with E-state index in [9.17, 15) is 0 Å². The highest BCUT2D eigenvalue weighted by molar-refractivity contribution is 6.66. The van der Waals surface area contributed by atoms with Crippen molar-refractivity contribution in [1.82, 2.24) is 0 Å². The van der Waals surface area contributed by atoms with Crippen molar-refractivity contribution >= 4 is 17.6 Å². The molecule has 0 aliphatic rings. The van der Waals surface area contributed by atoms with Crippen molar-refractivity contribution in [2.24, 2.45) is 0 Å². The number of hydrogen-bond acceptors (Lipinski definition) is 6. The summed E-state index contributed by atoms with van der Waals surface area (Å²) in [5.74, 6) is 0. The van der Waals surface area contributed by atoms with Crippen LogP contribution >= 0.6 is 0 Å². The van der Waals surface area contributed by atoms with Crippen LogP contribution in [0, 0.1) is 0 Å². The molecule has 0 spiro atoms. The Hall–Kier alpha value is 0.194. The van der Waals surface area contributed by atoms with Crippen LogP contribution in [0.2, 0.25) is 12.1 Å². The lowest BCUT2D eigenvalue weighted by atomic mass is 10.5. The summed E-state index contributed by atoms with van der Waals surface area (Å²) in [5.41, 5.74) is 0. The summed E-state index contributed by atoms with van der Waals surface area (Å²) in [6.07, 6.45) is 0.0598. The van der Waals surface area contributed by atoms with Gasteiger partial charge in [0.2, 0.25) is 0 Å². The molecule has 0 bridgehead atoms. The van der Waals surface area contributed by atoms with E-state index in [0.29, 0.717) is 31.9 Å². The summed E-state index contributed by atoms with van der Waals surface area (Å²) in [7, 11) is -5.65. The second-order valence-corrected chi connectivity index (χ2v) is 12.0. The Balaban J connectivity index is 5.46. The van der Waals surface area contributed by atoms with Gasteiger partial charge in [0.05, 0.1) is 0 Å². The van der Waals surface area contributed by atoms with Gasteiger partial charge in [-0.1, -0.05) is 0 Å². The first-order valence-electron chi connectivity index (χ1n) is 9.59. The zero-order valence-electron chi connectivity index (χ0n) is 17.7. The molecule has 0 aromatic heterocycles. The van der Waals surface area contributed by atoms with E-state index in [4.69, 9.17) is 26.6 Å². The van der Waals surface area contributed by atoms with Crippen molar-refractivity contribution in [1.29, 1.82) is 0 Å². The molecule has 25 heavy (non-hydrogen) atoms. The van der Waals surface area contributed by atoms with Gasteiger partial charge < -0.3 is 26.6 Å². The third kappa shape index (κ3) is 10.2. The van der Waals surface area contributed by atoms with Gasteiger partial charge >= 0.3 is 17.6 Å². The van der Waals surface area contributed by atoms with E-state index in [1.54, 1.807) is 0 Å². The van der Waals surface area contributed by atoms with Gasteiger partial charge in [-0.25, -0.2) is 0 Å². The predicted molar refractivity (Wildman–Crippen MR) is 105 cm³/mol. The molecule has 0 radical (unpaired) electrons. The van der Waals surface area contributed by atoms with Gasteiger partial charge in [0.1, 0.15) is 0 Å². The first kappa shape index (κ1) is 25.2. The summed E-state index contributed by atoms with van der Waals surface area (Å²) in [6, 6.07) is 1.24. The molecule has 0 aromatic rings. The maximum atomic E-state index is 6.24. The summed E-state index contributed by atoms with van der Waals surface area (Å²) >= 11 is 0. The molecule has 0 N–H and O–H groups in total. The van der Waals surface area contributed by atoms with Crippen LogP contribution in [-0.2, 0) is 26.6 Å². The highest BCUT2D eigenvalue weighted by Gasteiger charge is 2.50. The van der Waals surface area contributed by atoms with Crippen molar-refractivity contribution in [2.45, 2.75) is 92.7 Å². The molecule has 8 heteroatoms. The van der Waals surface area contributed by atoms with Crippen LogP contribution in [-0.4, -0.2) is 55.7 Å². The van der Waals surface area contributed by atoms with Crippen LogP contribution in [0.1, 0.15) is 62.3 Å². The summed E-state index contributed by atoms with van der Waals surface area (Å²) in [4.78, 5) is 0.